The summed E-state index contributed by atoms with van der Waals surface area (Å²) in [5.41, 5.74) is 3.54. The first-order valence-electron chi connectivity index (χ1n) is 8.49. The summed E-state index contributed by atoms with van der Waals surface area (Å²) in [6.07, 6.45) is 6.11. The number of hydrogen-bond acceptors (Lipinski definition) is 5. The Balaban J connectivity index is 1.77. The van der Waals surface area contributed by atoms with Gasteiger partial charge >= 0.3 is 0 Å². The molecule has 4 aromatic rings. The topological polar surface area (TPSA) is 74.3 Å². The summed E-state index contributed by atoms with van der Waals surface area (Å²) in [5.74, 6) is 0.515. The summed E-state index contributed by atoms with van der Waals surface area (Å²) in [6, 6.07) is 6.23. The molecule has 4 aromatic heterocycles. The van der Waals surface area contributed by atoms with Crippen LogP contribution in [0.1, 0.15) is 32.5 Å². The minimum atomic E-state index is 0.245. The van der Waals surface area contributed by atoms with Gasteiger partial charge in [-0.2, -0.15) is 10.2 Å². The first-order valence-corrected chi connectivity index (χ1v) is 9.28. The molecular weight excluding hydrogens is 394 g/mol. The first kappa shape index (κ1) is 16.8. The number of halogens is 1. The second-order valence-electron chi connectivity index (χ2n) is 6.25. The monoisotopic (exact) mass is 411 g/mol. The second kappa shape index (κ2) is 6.60. The smallest absolute Gasteiger partial charge is 0.244 e. The number of aryl methyl sites for hydroxylation is 1. The van der Waals surface area contributed by atoms with Crippen LogP contribution in [-0.2, 0) is 6.42 Å². The van der Waals surface area contributed by atoms with E-state index in [0.29, 0.717) is 5.95 Å². The van der Waals surface area contributed by atoms with E-state index in [1.165, 1.54) is 0 Å². The molecule has 0 spiro atoms. The number of rotatable bonds is 4. The van der Waals surface area contributed by atoms with Gasteiger partial charge in [0.1, 0.15) is 5.69 Å². The van der Waals surface area contributed by atoms with Crippen molar-refractivity contribution < 1.29 is 0 Å². The molecule has 0 aromatic carbocycles. The van der Waals surface area contributed by atoms with Gasteiger partial charge in [-0.1, -0.05) is 6.92 Å². The van der Waals surface area contributed by atoms with Crippen LogP contribution in [0.15, 0.2) is 41.3 Å². The van der Waals surface area contributed by atoms with Crippen LogP contribution in [0.3, 0.4) is 0 Å². The van der Waals surface area contributed by atoms with Gasteiger partial charge in [-0.15, -0.1) is 0 Å². The minimum absolute atomic E-state index is 0.245. The highest BCUT2D eigenvalue weighted by Crippen LogP contribution is 2.25. The molecule has 0 aliphatic carbocycles. The van der Waals surface area contributed by atoms with Crippen LogP contribution in [-0.4, -0.2) is 34.5 Å². The van der Waals surface area contributed by atoms with Gasteiger partial charge in [0, 0.05) is 30.0 Å². The molecule has 4 heterocycles. The zero-order valence-corrected chi connectivity index (χ0v) is 16.3. The van der Waals surface area contributed by atoms with E-state index in [4.69, 9.17) is 10.1 Å². The molecule has 0 amide bonds. The van der Waals surface area contributed by atoms with Crippen molar-refractivity contribution in [3.63, 3.8) is 0 Å². The number of aromatic nitrogens is 7. The van der Waals surface area contributed by atoms with Crippen molar-refractivity contribution in [2.75, 3.05) is 0 Å². The third kappa shape index (κ3) is 2.90. The molecule has 0 bridgehead atoms. The zero-order chi connectivity index (χ0) is 18.3. The van der Waals surface area contributed by atoms with Gasteiger partial charge in [-0.3, -0.25) is 0 Å². The van der Waals surface area contributed by atoms with Crippen LogP contribution in [0.2, 0.25) is 0 Å². The van der Waals surface area contributed by atoms with Gasteiger partial charge in [0.05, 0.1) is 15.9 Å². The summed E-state index contributed by atoms with van der Waals surface area (Å²) in [4.78, 5) is 13.4. The molecule has 0 N–H and O–H groups in total. The Bertz CT molecular complexity index is 1060. The molecule has 0 saturated carbocycles. The molecule has 7 nitrogen and oxygen atoms in total. The van der Waals surface area contributed by atoms with Crippen molar-refractivity contribution in [2.45, 2.75) is 33.2 Å². The van der Waals surface area contributed by atoms with Crippen molar-refractivity contribution >= 4 is 27.0 Å². The largest absolute Gasteiger partial charge is 0.250 e. The van der Waals surface area contributed by atoms with Crippen molar-refractivity contribution in [1.29, 1.82) is 0 Å². The molecule has 8 heteroatoms. The third-order valence-electron chi connectivity index (χ3n) is 4.12. The van der Waals surface area contributed by atoms with Gasteiger partial charge in [-0.05, 0) is 54.4 Å². The lowest BCUT2D eigenvalue weighted by atomic mass is 10.2. The number of hydrogen-bond donors (Lipinski definition) is 0. The Morgan fingerprint density at radius 3 is 2.50 bits per heavy atom. The predicted molar refractivity (Wildman–Crippen MR) is 103 cm³/mol. The Hall–Kier alpha value is -2.61. The fourth-order valence-electron chi connectivity index (χ4n) is 2.84. The van der Waals surface area contributed by atoms with E-state index in [-0.39, 0.29) is 6.04 Å². The normalized spacial score (nSPS) is 11.6. The predicted octanol–water partition coefficient (Wildman–Crippen LogP) is 3.98. The Morgan fingerprint density at radius 2 is 1.81 bits per heavy atom. The number of nitrogens with zero attached hydrogens (tertiary/aromatic N) is 7. The highest BCUT2D eigenvalue weighted by molar-refractivity contribution is 9.10. The standard InChI is InChI=1S/C18H18BrN7/c1-4-14-13-5-6-15(22-17(13)26(24-14)11(2)3)16-7-8-25(23-16)18-20-9-12(19)10-21-18/h5-11H,4H2,1-3H3. The quantitative estimate of drug-likeness (QED) is 0.507. The molecule has 0 radical (unpaired) electrons. The van der Waals surface area contributed by atoms with Crippen LogP contribution in [0.4, 0.5) is 0 Å². The van der Waals surface area contributed by atoms with Gasteiger partial charge in [0.2, 0.25) is 0 Å². The summed E-state index contributed by atoms with van der Waals surface area (Å²) < 4.78 is 4.45. The molecule has 4 rings (SSSR count). The number of fused-ring (bicyclic) bond motifs is 1. The van der Waals surface area contributed by atoms with E-state index in [1.54, 1.807) is 17.1 Å². The van der Waals surface area contributed by atoms with E-state index in [2.05, 4.69) is 57.8 Å². The Labute approximate surface area is 159 Å². The molecule has 0 fully saturated rings. The van der Waals surface area contributed by atoms with E-state index in [9.17, 15) is 0 Å². The average Bonchev–Trinajstić information content (AvgIpc) is 3.26. The van der Waals surface area contributed by atoms with Crippen LogP contribution in [0, 0.1) is 0 Å². The summed E-state index contributed by atoms with van der Waals surface area (Å²) in [5, 5.41) is 10.4. The van der Waals surface area contributed by atoms with Crippen LogP contribution < -0.4 is 0 Å². The van der Waals surface area contributed by atoms with E-state index >= 15 is 0 Å². The minimum Gasteiger partial charge on any atom is -0.244 e. The molecule has 0 aliphatic heterocycles. The summed E-state index contributed by atoms with van der Waals surface area (Å²) in [7, 11) is 0. The van der Waals surface area contributed by atoms with E-state index < -0.39 is 0 Å². The van der Waals surface area contributed by atoms with Gasteiger partial charge in [-0.25, -0.2) is 24.3 Å². The average molecular weight is 412 g/mol. The molecule has 132 valence electrons. The zero-order valence-electron chi connectivity index (χ0n) is 14.8. The molecule has 0 aliphatic rings. The fraction of sp³-hybridized carbons (Fsp3) is 0.278. The highest BCUT2D eigenvalue weighted by Gasteiger charge is 2.15. The lowest BCUT2D eigenvalue weighted by Gasteiger charge is -2.06. The van der Waals surface area contributed by atoms with Crippen molar-refractivity contribution in [2.24, 2.45) is 0 Å². The maximum absolute atomic E-state index is 4.83. The van der Waals surface area contributed by atoms with E-state index in [0.717, 1.165) is 39.0 Å². The Kier molecular flexibility index (Phi) is 4.28. The number of pyridine rings is 1. The molecule has 0 atom stereocenters. The first-order chi connectivity index (χ1) is 12.6. The fourth-order valence-corrected chi connectivity index (χ4v) is 3.04. The lowest BCUT2D eigenvalue weighted by Crippen LogP contribution is -2.04. The van der Waals surface area contributed by atoms with Crippen LogP contribution in [0.5, 0.6) is 0 Å². The molecule has 0 unspecified atom stereocenters. The molecule has 26 heavy (non-hydrogen) atoms. The van der Waals surface area contributed by atoms with Crippen molar-refractivity contribution in [3.05, 3.63) is 47.0 Å². The summed E-state index contributed by atoms with van der Waals surface area (Å²) >= 11 is 3.34. The highest BCUT2D eigenvalue weighted by atomic mass is 79.9. The van der Waals surface area contributed by atoms with Crippen molar-refractivity contribution in [1.82, 2.24) is 34.5 Å². The van der Waals surface area contributed by atoms with Gasteiger partial charge in [0.25, 0.3) is 5.95 Å². The van der Waals surface area contributed by atoms with Crippen LogP contribution in [0.25, 0.3) is 28.4 Å². The lowest BCUT2D eigenvalue weighted by molar-refractivity contribution is 0.540. The maximum atomic E-state index is 4.83. The van der Waals surface area contributed by atoms with Crippen LogP contribution >= 0.6 is 15.9 Å². The second-order valence-corrected chi connectivity index (χ2v) is 7.17. The van der Waals surface area contributed by atoms with Gasteiger partial charge < -0.3 is 0 Å². The summed E-state index contributed by atoms with van der Waals surface area (Å²) in [6.45, 7) is 6.33. The SMILES string of the molecule is CCc1nn(C(C)C)c2nc(-c3ccn(-c4ncc(Br)cn4)n3)ccc12. The molecular formula is C18H18BrN7. The Morgan fingerprint density at radius 1 is 1.04 bits per heavy atom. The maximum Gasteiger partial charge on any atom is 0.250 e. The van der Waals surface area contributed by atoms with Crippen molar-refractivity contribution in [3.8, 4) is 17.3 Å². The molecule has 0 saturated heterocycles. The van der Waals surface area contributed by atoms with Gasteiger partial charge in [0.15, 0.2) is 5.65 Å². The van der Waals surface area contributed by atoms with E-state index in [1.807, 2.05) is 23.0 Å². The third-order valence-corrected chi connectivity index (χ3v) is 4.53.